The highest BCUT2D eigenvalue weighted by molar-refractivity contribution is 4.96. The Labute approximate surface area is 93.8 Å². The smallest absolute Gasteiger partial charge is 0.119 e. The van der Waals surface area contributed by atoms with E-state index in [0.29, 0.717) is 5.41 Å². The molecule has 1 aliphatic heterocycles. The van der Waals surface area contributed by atoms with E-state index in [0.717, 1.165) is 19.4 Å². The molecule has 0 amide bonds. The van der Waals surface area contributed by atoms with Crippen molar-refractivity contribution < 1.29 is 4.74 Å². The van der Waals surface area contributed by atoms with Gasteiger partial charge in [-0.2, -0.15) is 0 Å². The van der Waals surface area contributed by atoms with E-state index in [9.17, 15) is 0 Å². The lowest BCUT2D eigenvalue weighted by atomic mass is 9.68. The van der Waals surface area contributed by atoms with Gasteiger partial charge < -0.3 is 4.74 Å². The highest BCUT2D eigenvalue weighted by Gasteiger charge is 2.45. The second-order valence-electron chi connectivity index (χ2n) is 5.49. The molecule has 2 aliphatic rings. The molecule has 0 aromatic carbocycles. The minimum Gasteiger partial charge on any atom is -0.360 e. The lowest BCUT2D eigenvalue weighted by Gasteiger charge is -2.51. The van der Waals surface area contributed by atoms with E-state index in [4.69, 9.17) is 4.74 Å². The lowest BCUT2D eigenvalue weighted by molar-refractivity contribution is -0.172. The molecule has 1 saturated heterocycles. The molecule has 0 radical (unpaired) electrons. The van der Waals surface area contributed by atoms with Crippen LogP contribution < -0.4 is 5.32 Å². The van der Waals surface area contributed by atoms with Crippen LogP contribution in [0.3, 0.4) is 0 Å². The van der Waals surface area contributed by atoms with Crippen molar-refractivity contribution in [2.24, 2.45) is 5.41 Å². The molecule has 1 heterocycles. The maximum atomic E-state index is 6.19. The predicted molar refractivity (Wildman–Crippen MR) is 62.8 cm³/mol. The van der Waals surface area contributed by atoms with Gasteiger partial charge in [-0.3, -0.25) is 5.32 Å². The second kappa shape index (κ2) is 4.42. The van der Waals surface area contributed by atoms with Crippen LogP contribution in [0.2, 0.25) is 0 Å². The number of ether oxygens (including phenoxy) is 1. The van der Waals surface area contributed by atoms with Crippen molar-refractivity contribution in [1.29, 1.82) is 0 Å². The quantitative estimate of drug-likeness (QED) is 0.771. The Hall–Kier alpha value is -0.0800. The molecule has 2 nitrogen and oxygen atoms in total. The lowest BCUT2D eigenvalue weighted by Crippen LogP contribution is -2.60. The van der Waals surface area contributed by atoms with Crippen molar-refractivity contribution in [3.63, 3.8) is 0 Å². The van der Waals surface area contributed by atoms with Gasteiger partial charge in [0.25, 0.3) is 0 Å². The van der Waals surface area contributed by atoms with Crippen LogP contribution in [-0.4, -0.2) is 18.9 Å². The number of rotatable bonds is 4. The third-order valence-electron chi connectivity index (χ3n) is 4.16. The first kappa shape index (κ1) is 11.4. The first-order valence-corrected chi connectivity index (χ1v) is 6.63. The molecule has 1 saturated carbocycles. The zero-order chi connectivity index (χ0) is 10.8. The van der Waals surface area contributed by atoms with Crippen LogP contribution in [-0.2, 0) is 4.74 Å². The van der Waals surface area contributed by atoms with Crippen LogP contribution >= 0.6 is 0 Å². The molecular weight excluding hydrogens is 186 g/mol. The maximum Gasteiger partial charge on any atom is 0.119 e. The summed E-state index contributed by atoms with van der Waals surface area (Å²) in [5.74, 6) is 0. The van der Waals surface area contributed by atoms with Crippen LogP contribution in [0.1, 0.15) is 58.8 Å². The highest BCUT2D eigenvalue weighted by Crippen LogP contribution is 2.44. The van der Waals surface area contributed by atoms with Crippen LogP contribution in [0.25, 0.3) is 0 Å². The average molecular weight is 211 g/mol. The normalized spacial score (nSPS) is 27.6. The minimum absolute atomic E-state index is 0.0182. The summed E-state index contributed by atoms with van der Waals surface area (Å²) in [5.41, 5.74) is 0.537. The first-order chi connectivity index (χ1) is 7.24. The van der Waals surface area contributed by atoms with Crippen molar-refractivity contribution in [3.8, 4) is 0 Å². The third-order valence-corrected chi connectivity index (χ3v) is 4.16. The summed E-state index contributed by atoms with van der Waals surface area (Å²) >= 11 is 0. The van der Waals surface area contributed by atoms with E-state index in [1.165, 1.54) is 38.6 Å². The number of hydrogen-bond acceptors (Lipinski definition) is 2. The SMILES string of the molecule is CCCC1(CCC)NCC2(CCC2)CO1. The van der Waals surface area contributed by atoms with Gasteiger partial charge in [-0.05, 0) is 25.7 Å². The van der Waals surface area contributed by atoms with Gasteiger partial charge in [-0.15, -0.1) is 0 Å². The summed E-state index contributed by atoms with van der Waals surface area (Å²) < 4.78 is 6.19. The topological polar surface area (TPSA) is 21.3 Å². The highest BCUT2D eigenvalue weighted by atomic mass is 16.5. The monoisotopic (exact) mass is 211 g/mol. The molecule has 0 aromatic heterocycles. The van der Waals surface area contributed by atoms with Crippen LogP contribution in [0.15, 0.2) is 0 Å². The van der Waals surface area contributed by atoms with Crippen molar-refractivity contribution in [3.05, 3.63) is 0 Å². The summed E-state index contributed by atoms with van der Waals surface area (Å²) in [5, 5.41) is 3.70. The van der Waals surface area contributed by atoms with E-state index in [1.54, 1.807) is 0 Å². The Morgan fingerprint density at radius 3 is 2.13 bits per heavy atom. The zero-order valence-electron chi connectivity index (χ0n) is 10.3. The molecule has 2 fully saturated rings. The molecular formula is C13H25NO. The number of nitrogens with one attached hydrogen (secondary N) is 1. The van der Waals surface area contributed by atoms with Crippen LogP contribution in [0.4, 0.5) is 0 Å². The molecule has 88 valence electrons. The molecule has 2 heteroatoms. The summed E-state index contributed by atoms with van der Waals surface area (Å²) in [6.45, 7) is 6.68. The fraction of sp³-hybridized carbons (Fsp3) is 1.00. The van der Waals surface area contributed by atoms with Crippen LogP contribution in [0, 0.1) is 5.41 Å². The van der Waals surface area contributed by atoms with Gasteiger partial charge >= 0.3 is 0 Å². The fourth-order valence-electron chi connectivity index (χ4n) is 2.99. The molecule has 0 atom stereocenters. The molecule has 1 aliphatic carbocycles. The van der Waals surface area contributed by atoms with Crippen molar-refractivity contribution >= 4 is 0 Å². The molecule has 15 heavy (non-hydrogen) atoms. The Morgan fingerprint density at radius 1 is 1.13 bits per heavy atom. The summed E-state index contributed by atoms with van der Waals surface area (Å²) in [6.07, 6.45) is 8.89. The largest absolute Gasteiger partial charge is 0.360 e. The van der Waals surface area contributed by atoms with E-state index in [1.807, 2.05) is 0 Å². The van der Waals surface area contributed by atoms with Gasteiger partial charge in [-0.25, -0.2) is 0 Å². The van der Waals surface area contributed by atoms with E-state index in [2.05, 4.69) is 19.2 Å². The van der Waals surface area contributed by atoms with Gasteiger partial charge in [-0.1, -0.05) is 33.1 Å². The van der Waals surface area contributed by atoms with E-state index in [-0.39, 0.29) is 5.72 Å². The Bertz CT molecular complexity index is 193. The molecule has 0 unspecified atom stereocenters. The van der Waals surface area contributed by atoms with Gasteiger partial charge in [0, 0.05) is 12.0 Å². The molecule has 1 spiro atoms. The van der Waals surface area contributed by atoms with E-state index >= 15 is 0 Å². The zero-order valence-corrected chi connectivity index (χ0v) is 10.3. The van der Waals surface area contributed by atoms with Gasteiger partial charge in [0.15, 0.2) is 0 Å². The van der Waals surface area contributed by atoms with Crippen molar-refractivity contribution in [2.45, 2.75) is 64.5 Å². The second-order valence-corrected chi connectivity index (χ2v) is 5.49. The van der Waals surface area contributed by atoms with Crippen molar-refractivity contribution in [1.82, 2.24) is 5.32 Å². The Balaban J connectivity index is 1.91. The summed E-state index contributed by atoms with van der Waals surface area (Å²) in [6, 6.07) is 0. The summed E-state index contributed by atoms with van der Waals surface area (Å²) in [7, 11) is 0. The van der Waals surface area contributed by atoms with Gasteiger partial charge in [0.2, 0.25) is 0 Å². The first-order valence-electron chi connectivity index (χ1n) is 6.63. The fourth-order valence-corrected chi connectivity index (χ4v) is 2.99. The third kappa shape index (κ3) is 2.21. The summed E-state index contributed by atoms with van der Waals surface area (Å²) in [4.78, 5) is 0. The predicted octanol–water partition coefficient (Wildman–Crippen LogP) is 3.07. The van der Waals surface area contributed by atoms with Crippen molar-refractivity contribution in [2.75, 3.05) is 13.2 Å². The molecule has 2 rings (SSSR count). The molecule has 0 aromatic rings. The Kier molecular flexibility index (Phi) is 3.36. The van der Waals surface area contributed by atoms with E-state index < -0.39 is 0 Å². The van der Waals surface area contributed by atoms with Gasteiger partial charge in [0.1, 0.15) is 5.72 Å². The molecule has 0 bridgehead atoms. The Morgan fingerprint density at radius 2 is 1.80 bits per heavy atom. The minimum atomic E-state index is 0.0182. The van der Waals surface area contributed by atoms with Crippen LogP contribution in [0.5, 0.6) is 0 Å². The number of hydrogen-bond donors (Lipinski definition) is 1. The average Bonchev–Trinajstić information content (AvgIpc) is 2.18. The standard InChI is InChI=1S/C13H25NO/c1-3-6-13(7-4-2)14-10-12(11-15-13)8-5-9-12/h14H,3-11H2,1-2H3. The van der Waals surface area contributed by atoms with Gasteiger partial charge in [0.05, 0.1) is 6.61 Å². The maximum absolute atomic E-state index is 6.19. The molecule has 1 N–H and O–H groups in total.